The second kappa shape index (κ2) is 5.03. The van der Waals surface area contributed by atoms with Crippen molar-refractivity contribution in [1.82, 2.24) is 0 Å². The summed E-state index contributed by atoms with van der Waals surface area (Å²) in [5.41, 5.74) is 2.87. The molecule has 0 aliphatic carbocycles. The van der Waals surface area contributed by atoms with Crippen molar-refractivity contribution in [3.05, 3.63) is 54.1 Å². The third-order valence-corrected chi connectivity index (χ3v) is 3.25. The topological polar surface area (TPSA) is 36.3 Å². The van der Waals surface area contributed by atoms with Crippen molar-refractivity contribution >= 4 is 11.4 Å². The SMILES string of the molecule is N#Cc1ccc(N2CCCOc3ccccc32)cc1. The molecule has 1 heterocycles. The molecule has 2 aromatic rings. The molecule has 0 unspecified atom stereocenters. The molecule has 3 rings (SSSR count). The normalized spacial score (nSPS) is 13.9. The standard InChI is InChI=1S/C16H14N2O/c17-12-13-6-8-14(9-7-13)18-10-3-11-19-16-5-2-1-4-15(16)18/h1-2,4-9H,3,10-11H2. The number of hydrogen-bond donors (Lipinski definition) is 0. The average molecular weight is 250 g/mol. The minimum atomic E-state index is 0.683. The number of nitriles is 1. The van der Waals surface area contributed by atoms with Gasteiger partial charge in [-0.05, 0) is 42.8 Å². The predicted molar refractivity (Wildman–Crippen MR) is 74.7 cm³/mol. The van der Waals surface area contributed by atoms with E-state index in [1.54, 1.807) is 0 Å². The molecular formula is C16H14N2O. The first kappa shape index (κ1) is 11.6. The van der Waals surface area contributed by atoms with Crippen LogP contribution < -0.4 is 9.64 Å². The van der Waals surface area contributed by atoms with Gasteiger partial charge in [0.15, 0.2) is 0 Å². The molecule has 0 N–H and O–H groups in total. The minimum Gasteiger partial charge on any atom is -0.491 e. The lowest BCUT2D eigenvalue weighted by atomic mass is 10.2. The Bertz CT molecular complexity index is 613. The maximum Gasteiger partial charge on any atom is 0.142 e. The van der Waals surface area contributed by atoms with E-state index in [1.165, 1.54) is 0 Å². The molecule has 0 aromatic heterocycles. The van der Waals surface area contributed by atoms with E-state index in [9.17, 15) is 0 Å². The van der Waals surface area contributed by atoms with Gasteiger partial charge in [-0.3, -0.25) is 0 Å². The summed E-state index contributed by atoms with van der Waals surface area (Å²) in [7, 11) is 0. The monoisotopic (exact) mass is 250 g/mol. The highest BCUT2D eigenvalue weighted by molar-refractivity contribution is 5.69. The maximum absolute atomic E-state index is 8.86. The highest BCUT2D eigenvalue weighted by Gasteiger charge is 2.17. The van der Waals surface area contributed by atoms with Gasteiger partial charge in [0.25, 0.3) is 0 Å². The fraction of sp³-hybridized carbons (Fsp3) is 0.188. The number of rotatable bonds is 1. The summed E-state index contributed by atoms with van der Waals surface area (Å²) in [6, 6.07) is 17.9. The molecule has 0 amide bonds. The fourth-order valence-corrected chi connectivity index (χ4v) is 2.31. The van der Waals surface area contributed by atoms with Crippen LogP contribution >= 0.6 is 0 Å². The highest BCUT2D eigenvalue weighted by atomic mass is 16.5. The van der Waals surface area contributed by atoms with Crippen LogP contribution in [0.4, 0.5) is 11.4 Å². The molecule has 0 spiro atoms. The molecule has 19 heavy (non-hydrogen) atoms. The van der Waals surface area contributed by atoms with E-state index in [0.29, 0.717) is 5.56 Å². The van der Waals surface area contributed by atoms with E-state index >= 15 is 0 Å². The number of benzene rings is 2. The van der Waals surface area contributed by atoms with Gasteiger partial charge in [-0.1, -0.05) is 12.1 Å². The molecular weight excluding hydrogens is 236 g/mol. The molecule has 0 radical (unpaired) electrons. The molecule has 2 aromatic carbocycles. The van der Waals surface area contributed by atoms with E-state index in [4.69, 9.17) is 10.00 Å². The van der Waals surface area contributed by atoms with Crippen LogP contribution in [0, 0.1) is 11.3 Å². The van der Waals surface area contributed by atoms with Crippen LogP contribution in [0.15, 0.2) is 48.5 Å². The number of hydrogen-bond acceptors (Lipinski definition) is 3. The van der Waals surface area contributed by atoms with Crippen molar-refractivity contribution < 1.29 is 4.74 Å². The van der Waals surface area contributed by atoms with Crippen molar-refractivity contribution in [2.24, 2.45) is 0 Å². The van der Waals surface area contributed by atoms with E-state index < -0.39 is 0 Å². The molecule has 0 saturated heterocycles. The molecule has 0 bridgehead atoms. The third kappa shape index (κ3) is 2.25. The Morgan fingerprint density at radius 3 is 2.63 bits per heavy atom. The zero-order chi connectivity index (χ0) is 13.1. The number of fused-ring (bicyclic) bond motifs is 1. The van der Waals surface area contributed by atoms with Gasteiger partial charge >= 0.3 is 0 Å². The molecule has 94 valence electrons. The lowest BCUT2D eigenvalue weighted by Crippen LogP contribution is -2.17. The lowest BCUT2D eigenvalue weighted by Gasteiger charge is -2.23. The zero-order valence-electron chi connectivity index (χ0n) is 10.5. The largest absolute Gasteiger partial charge is 0.491 e. The predicted octanol–water partition coefficient (Wildman–Crippen LogP) is 3.48. The Morgan fingerprint density at radius 2 is 1.84 bits per heavy atom. The molecule has 1 aliphatic rings. The van der Waals surface area contributed by atoms with Crippen molar-refractivity contribution in [1.29, 1.82) is 5.26 Å². The smallest absolute Gasteiger partial charge is 0.142 e. The summed E-state index contributed by atoms with van der Waals surface area (Å²) in [6.07, 6.45) is 0.981. The van der Waals surface area contributed by atoms with Gasteiger partial charge in [0.1, 0.15) is 5.75 Å². The van der Waals surface area contributed by atoms with Gasteiger partial charge in [0, 0.05) is 12.2 Å². The van der Waals surface area contributed by atoms with Crippen molar-refractivity contribution in [3.63, 3.8) is 0 Å². The first-order valence-electron chi connectivity index (χ1n) is 6.38. The molecule has 3 nitrogen and oxygen atoms in total. The Labute approximate surface area is 112 Å². The summed E-state index contributed by atoms with van der Waals surface area (Å²) in [4.78, 5) is 2.24. The zero-order valence-corrected chi connectivity index (χ0v) is 10.5. The molecule has 0 saturated carbocycles. The van der Waals surface area contributed by atoms with Gasteiger partial charge in [-0.2, -0.15) is 5.26 Å². The maximum atomic E-state index is 8.86. The van der Waals surface area contributed by atoms with E-state index in [-0.39, 0.29) is 0 Å². The molecule has 0 atom stereocenters. The molecule has 3 heteroatoms. The number of ether oxygens (including phenoxy) is 1. The van der Waals surface area contributed by atoms with E-state index in [1.807, 2.05) is 42.5 Å². The Hall–Kier alpha value is -2.47. The summed E-state index contributed by atoms with van der Waals surface area (Å²) >= 11 is 0. The molecule has 1 aliphatic heterocycles. The van der Waals surface area contributed by atoms with Crippen LogP contribution in [0.25, 0.3) is 0 Å². The number of para-hydroxylation sites is 2. The van der Waals surface area contributed by atoms with Gasteiger partial charge < -0.3 is 9.64 Å². The summed E-state index contributed by atoms with van der Waals surface area (Å²) in [5.74, 6) is 0.921. The van der Waals surface area contributed by atoms with E-state index in [0.717, 1.165) is 36.7 Å². The summed E-state index contributed by atoms with van der Waals surface area (Å²) < 4.78 is 5.75. The van der Waals surface area contributed by atoms with Crippen molar-refractivity contribution in [3.8, 4) is 11.8 Å². The van der Waals surface area contributed by atoms with Crippen LogP contribution in [-0.2, 0) is 0 Å². The Morgan fingerprint density at radius 1 is 1.05 bits per heavy atom. The molecule has 0 fully saturated rings. The fourth-order valence-electron chi connectivity index (χ4n) is 2.31. The average Bonchev–Trinajstić information content (AvgIpc) is 2.70. The number of nitrogens with zero attached hydrogens (tertiary/aromatic N) is 2. The quantitative estimate of drug-likeness (QED) is 0.777. The highest BCUT2D eigenvalue weighted by Crippen LogP contribution is 2.35. The van der Waals surface area contributed by atoms with Crippen LogP contribution in [0.2, 0.25) is 0 Å². The number of anilines is 2. The third-order valence-electron chi connectivity index (χ3n) is 3.25. The Balaban J connectivity index is 2.01. The summed E-state index contributed by atoms with van der Waals surface area (Å²) in [5, 5.41) is 8.86. The first-order valence-corrected chi connectivity index (χ1v) is 6.38. The van der Waals surface area contributed by atoms with Gasteiger partial charge in [-0.15, -0.1) is 0 Å². The second-order valence-electron chi connectivity index (χ2n) is 4.48. The summed E-state index contributed by atoms with van der Waals surface area (Å²) in [6.45, 7) is 1.66. The second-order valence-corrected chi connectivity index (χ2v) is 4.48. The van der Waals surface area contributed by atoms with Gasteiger partial charge in [0.2, 0.25) is 0 Å². The minimum absolute atomic E-state index is 0.683. The van der Waals surface area contributed by atoms with Crippen LogP contribution in [0.1, 0.15) is 12.0 Å². The van der Waals surface area contributed by atoms with Crippen LogP contribution in [0.3, 0.4) is 0 Å². The van der Waals surface area contributed by atoms with E-state index in [2.05, 4.69) is 17.0 Å². The van der Waals surface area contributed by atoms with Gasteiger partial charge in [-0.25, -0.2) is 0 Å². The Kier molecular flexibility index (Phi) is 3.07. The van der Waals surface area contributed by atoms with Crippen molar-refractivity contribution in [2.75, 3.05) is 18.1 Å². The van der Waals surface area contributed by atoms with Crippen molar-refractivity contribution in [2.45, 2.75) is 6.42 Å². The first-order chi connectivity index (χ1) is 9.38. The lowest BCUT2D eigenvalue weighted by molar-refractivity contribution is 0.322. The van der Waals surface area contributed by atoms with Gasteiger partial charge in [0.05, 0.1) is 23.9 Å². The van der Waals surface area contributed by atoms with Crippen LogP contribution in [-0.4, -0.2) is 13.2 Å². The van der Waals surface area contributed by atoms with Crippen LogP contribution in [0.5, 0.6) is 5.75 Å².